The SMILES string of the molecule is CCOC(=O)CCNC(=O)C1CSC(c2ccccc2)=N1. The Morgan fingerprint density at radius 1 is 1.38 bits per heavy atom. The zero-order valence-electron chi connectivity index (χ0n) is 11.9. The molecule has 0 aromatic heterocycles. The predicted octanol–water partition coefficient (Wildman–Crippen LogP) is 1.62. The highest BCUT2D eigenvalue weighted by Crippen LogP contribution is 2.23. The third-order valence-corrected chi connectivity index (χ3v) is 4.01. The van der Waals surface area contributed by atoms with Gasteiger partial charge in [0.05, 0.1) is 18.1 Å². The summed E-state index contributed by atoms with van der Waals surface area (Å²) in [6, 6.07) is 9.42. The van der Waals surface area contributed by atoms with E-state index in [9.17, 15) is 9.59 Å². The Bertz CT molecular complexity index is 531. The van der Waals surface area contributed by atoms with Crippen molar-refractivity contribution < 1.29 is 14.3 Å². The highest BCUT2D eigenvalue weighted by atomic mass is 32.2. The van der Waals surface area contributed by atoms with Crippen LogP contribution in [0.15, 0.2) is 35.3 Å². The summed E-state index contributed by atoms with van der Waals surface area (Å²) in [5, 5.41) is 3.62. The second-order valence-electron chi connectivity index (χ2n) is 4.47. The lowest BCUT2D eigenvalue weighted by molar-refractivity contribution is -0.143. The fraction of sp³-hybridized carbons (Fsp3) is 0.400. The highest BCUT2D eigenvalue weighted by Gasteiger charge is 2.25. The van der Waals surface area contributed by atoms with Gasteiger partial charge in [-0.05, 0) is 6.92 Å². The van der Waals surface area contributed by atoms with Crippen LogP contribution in [-0.4, -0.2) is 41.9 Å². The fourth-order valence-corrected chi connectivity index (χ4v) is 2.93. The van der Waals surface area contributed by atoms with Gasteiger partial charge in [0.15, 0.2) is 0 Å². The van der Waals surface area contributed by atoms with Crippen LogP contribution < -0.4 is 5.32 Å². The van der Waals surface area contributed by atoms with Crippen LogP contribution in [0.3, 0.4) is 0 Å². The van der Waals surface area contributed by atoms with Crippen molar-refractivity contribution in [2.75, 3.05) is 18.9 Å². The van der Waals surface area contributed by atoms with E-state index in [1.54, 1.807) is 18.7 Å². The first-order chi connectivity index (χ1) is 10.2. The van der Waals surface area contributed by atoms with Crippen molar-refractivity contribution in [2.45, 2.75) is 19.4 Å². The van der Waals surface area contributed by atoms with Crippen LogP contribution in [0, 0.1) is 0 Å². The number of aliphatic imine (C=N–C) groups is 1. The molecule has 1 amide bonds. The number of nitrogens with zero attached hydrogens (tertiary/aromatic N) is 1. The fourth-order valence-electron chi connectivity index (χ4n) is 1.89. The first-order valence-corrected chi connectivity index (χ1v) is 7.88. The number of rotatable bonds is 6. The van der Waals surface area contributed by atoms with E-state index in [4.69, 9.17) is 4.74 Å². The molecule has 6 heteroatoms. The van der Waals surface area contributed by atoms with E-state index in [0.29, 0.717) is 12.4 Å². The third-order valence-electron chi connectivity index (χ3n) is 2.91. The normalized spacial score (nSPS) is 17.2. The summed E-state index contributed by atoms with van der Waals surface area (Å²) in [6.45, 7) is 2.40. The molecule has 0 fully saturated rings. The maximum atomic E-state index is 12.0. The average Bonchev–Trinajstić information content (AvgIpc) is 2.98. The number of esters is 1. The van der Waals surface area contributed by atoms with E-state index in [1.807, 2.05) is 30.3 Å². The van der Waals surface area contributed by atoms with Crippen LogP contribution in [0.5, 0.6) is 0 Å². The molecular formula is C15H18N2O3S. The Balaban J connectivity index is 1.82. The average molecular weight is 306 g/mol. The standard InChI is InChI=1S/C15H18N2O3S/c1-2-20-13(18)8-9-16-14(19)12-10-21-15(17-12)11-6-4-3-5-7-11/h3-7,12H,2,8-10H2,1H3,(H,16,19). The zero-order chi connectivity index (χ0) is 15.1. The lowest BCUT2D eigenvalue weighted by atomic mass is 10.2. The second-order valence-corrected chi connectivity index (χ2v) is 5.48. The molecule has 2 rings (SSSR count). The van der Waals surface area contributed by atoms with E-state index < -0.39 is 0 Å². The topological polar surface area (TPSA) is 67.8 Å². The summed E-state index contributed by atoms with van der Waals surface area (Å²) in [5.41, 5.74) is 1.03. The van der Waals surface area contributed by atoms with Crippen LogP contribution in [0.25, 0.3) is 0 Å². The number of carbonyl (C=O) groups is 2. The molecule has 0 saturated heterocycles. The first-order valence-electron chi connectivity index (χ1n) is 6.90. The number of hydrogen-bond donors (Lipinski definition) is 1. The number of nitrogens with one attached hydrogen (secondary N) is 1. The number of amides is 1. The van der Waals surface area contributed by atoms with Gasteiger partial charge in [-0.2, -0.15) is 0 Å². The molecule has 1 heterocycles. The maximum absolute atomic E-state index is 12.0. The van der Waals surface area contributed by atoms with Crippen LogP contribution in [-0.2, 0) is 14.3 Å². The maximum Gasteiger partial charge on any atom is 0.307 e. The minimum atomic E-state index is -0.382. The Kier molecular flexibility index (Phi) is 5.80. The Morgan fingerprint density at radius 3 is 2.86 bits per heavy atom. The van der Waals surface area contributed by atoms with Gasteiger partial charge < -0.3 is 10.1 Å². The van der Waals surface area contributed by atoms with E-state index in [2.05, 4.69) is 10.3 Å². The van der Waals surface area contributed by atoms with E-state index in [0.717, 1.165) is 10.6 Å². The molecule has 1 aromatic carbocycles. The third kappa shape index (κ3) is 4.60. The molecule has 0 aliphatic carbocycles. The van der Waals surface area contributed by atoms with E-state index in [1.165, 1.54) is 0 Å². The molecule has 1 unspecified atom stereocenters. The van der Waals surface area contributed by atoms with Gasteiger partial charge in [-0.25, -0.2) is 0 Å². The molecule has 1 aromatic rings. The largest absolute Gasteiger partial charge is 0.466 e. The summed E-state index contributed by atoms with van der Waals surface area (Å²) < 4.78 is 4.80. The Hall–Kier alpha value is -1.82. The van der Waals surface area contributed by atoms with Gasteiger partial charge in [-0.1, -0.05) is 30.3 Å². The summed E-state index contributed by atoms with van der Waals surface area (Å²) in [4.78, 5) is 27.6. The summed E-state index contributed by atoms with van der Waals surface area (Å²) in [6.07, 6.45) is 0.189. The molecule has 0 saturated carbocycles. The molecule has 1 aliphatic rings. The van der Waals surface area contributed by atoms with Gasteiger partial charge in [0.1, 0.15) is 6.04 Å². The van der Waals surface area contributed by atoms with Gasteiger partial charge in [0, 0.05) is 17.9 Å². The van der Waals surface area contributed by atoms with E-state index in [-0.39, 0.29) is 30.9 Å². The van der Waals surface area contributed by atoms with E-state index >= 15 is 0 Å². The number of benzene rings is 1. The number of ether oxygens (including phenoxy) is 1. The molecule has 21 heavy (non-hydrogen) atoms. The molecule has 1 N–H and O–H groups in total. The number of thioether (sulfide) groups is 1. The monoisotopic (exact) mass is 306 g/mol. The van der Waals surface area contributed by atoms with Gasteiger partial charge in [0.2, 0.25) is 5.91 Å². The lowest BCUT2D eigenvalue weighted by Gasteiger charge is -2.07. The smallest absolute Gasteiger partial charge is 0.307 e. The molecule has 112 valence electrons. The van der Waals surface area contributed by atoms with Crippen molar-refractivity contribution >= 4 is 28.7 Å². The Morgan fingerprint density at radius 2 is 2.14 bits per heavy atom. The quantitative estimate of drug-likeness (QED) is 0.811. The van der Waals surface area contributed by atoms with Gasteiger partial charge in [-0.3, -0.25) is 14.6 Å². The van der Waals surface area contributed by atoms with Crippen LogP contribution in [0.1, 0.15) is 18.9 Å². The van der Waals surface area contributed by atoms with Crippen molar-refractivity contribution in [2.24, 2.45) is 4.99 Å². The van der Waals surface area contributed by atoms with Gasteiger partial charge in [0.25, 0.3) is 0 Å². The minimum absolute atomic E-state index is 0.141. The zero-order valence-corrected chi connectivity index (χ0v) is 12.7. The van der Waals surface area contributed by atoms with Crippen molar-refractivity contribution in [3.63, 3.8) is 0 Å². The van der Waals surface area contributed by atoms with Crippen molar-refractivity contribution in [1.82, 2.24) is 5.32 Å². The number of carbonyl (C=O) groups excluding carboxylic acids is 2. The summed E-state index contributed by atoms with van der Waals surface area (Å²) in [5.74, 6) is 0.194. The number of hydrogen-bond acceptors (Lipinski definition) is 5. The van der Waals surface area contributed by atoms with Crippen LogP contribution >= 0.6 is 11.8 Å². The molecule has 5 nitrogen and oxygen atoms in total. The Labute approximate surface area is 128 Å². The first kappa shape index (κ1) is 15.6. The van der Waals surface area contributed by atoms with Crippen LogP contribution in [0.2, 0.25) is 0 Å². The lowest BCUT2D eigenvalue weighted by Crippen LogP contribution is -2.35. The second kappa shape index (κ2) is 7.83. The molecule has 0 spiro atoms. The predicted molar refractivity (Wildman–Crippen MR) is 83.5 cm³/mol. The van der Waals surface area contributed by atoms with Gasteiger partial charge >= 0.3 is 5.97 Å². The minimum Gasteiger partial charge on any atom is -0.466 e. The molecule has 0 radical (unpaired) electrons. The van der Waals surface area contributed by atoms with Crippen molar-refractivity contribution in [3.8, 4) is 0 Å². The summed E-state index contributed by atoms with van der Waals surface area (Å²) in [7, 11) is 0. The molecule has 0 bridgehead atoms. The van der Waals surface area contributed by atoms with Crippen LogP contribution in [0.4, 0.5) is 0 Å². The van der Waals surface area contributed by atoms with Gasteiger partial charge in [-0.15, -0.1) is 11.8 Å². The highest BCUT2D eigenvalue weighted by molar-refractivity contribution is 8.14. The van der Waals surface area contributed by atoms with Crippen molar-refractivity contribution in [3.05, 3.63) is 35.9 Å². The molecule has 1 atom stereocenters. The van der Waals surface area contributed by atoms with Crippen molar-refractivity contribution in [1.29, 1.82) is 0 Å². The summed E-state index contributed by atoms with van der Waals surface area (Å²) >= 11 is 1.58. The molecule has 1 aliphatic heterocycles. The molecular weight excluding hydrogens is 288 g/mol.